The second kappa shape index (κ2) is 8.27. The lowest BCUT2D eigenvalue weighted by Gasteiger charge is -2.38. The topological polar surface area (TPSA) is 40.6 Å². The van der Waals surface area contributed by atoms with E-state index in [9.17, 15) is 14.0 Å². The average molecular weight is 415 g/mol. The zero-order chi connectivity index (χ0) is 20.5. The normalized spacial score (nSPS) is 18.6. The molecule has 1 aliphatic carbocycles. The van der Waals surface area contributed by atoms with Gasteiger partial charge >= 0.3 is 0 Å². The van der Waals surface area contributed by atoms with Gasteiger partial charge in [0.1, 0.15) is 5.82 Å². The van der Waals surface area contributed by atoms with Crippen molar-refractivity contribution in [2.75, 3.05) is 19.6 Å². The second-order valence-electron chi connectivity index (χ2n) is 8.48. The van der Waals surface area contributed by atoms with Gasteiger partial charge in [0.15, 0.2) is 0 Å². The molecule has 1 fully saturated rings. The Morgan fingerprint density at radius 1 is 1.21 bits per heavy atom. The molecule has 4 nitrogen and oxygen atoms in total. The van der Waals surface area contributed by atoms with Crippen LogP contribution < -0.4 is 0 Å². The van der Waals surface area contributed by atoms with Crippen molar-refractivity contribution in [2.45, 2.75) is 39.2 Å². The quantitative estimate of drug-likeness (QED) is 0.709. The Labute approximate surface area is 175 Å². The minimum absolute atomic E-state index is 0.0363. The molecule has 2 aromatic rings. The predicted octanol–water partition coefficient (Wildman–Crippen LogP) is 4.26. The highest BCUT2D eigenvalue weighted by Gasteiger charge is 2.37. The van der Waals surface area contributed by atoms with Gasteiger partial charge in [0, 0.05) is 23.9 Å². The van der Waals surface area contributed by atoms with Crippen molar-refractivity contribution in [3.05, 3.63) is 57.5 Å². The van der Waals surface area contributed by atoms with E-state index in [0.29, 0.717) is 19.0 Å². The molecule has 154 valence electrons. The second-order valence-corrected chi connectivity index (χ2v) is 9.48. The van der Waals surface area contributed by atoms with E-state index >= 15 is 0 Å². The van der Waals surface area contributed by atoms with Crippen LogP contribution in [0.15, 0.2) is 35.7 Å². The summed E-state index contributed by atoms with van der Waals surface area (Å²) in [5, 5.41) is 2.05. The Hall–Kier alpha value is -2.21. The summed E-state index contributed by atoms with van der Waals surface area (Å²) in [5.41, 5.74) is 2.02. The van der Waals surface area contributed by atoms with Gasteiger partial charge in [-0.15, -0.1) is 11.3 Å². The number of carbonyl (C=O) groups excluding carboxylic acids is 2. The molecule has 1 aromatic heterocycles. The van der Waals surface area contributed by atoms with Gasteiger partial charge in [-0.05, 0) is 59.9 Å². The van der Waals surface area contributed by atoms with Gasteiger partial charge in [0.05, 0.1) is 12.6 Å². The number of rotatable bonds is 6. The Morgan fingerprint density at radius 2 is 1.93 bits per heavy atom. The van der Waals surface area contributed by atoms with Gasteiger partial charge in [0.2, 0.25) is 11.8 Å². The fourth-order valence-corrected chi connectivity index (χ4v) is 5.01. The van der Waals surface area contributed by atoms with Crippen molar-refractivity contribution in [2.24, 2.45) is 11.8 Å². The summed E-state index contributed by atoms with van der Waals surface area (Å²) in [6.45, 7) is 5.46. The highest BCUT2D eigenvalue weighted by atomic mass is 32.1. The van der Waals surface area contributed by atoms with Crippen molar-refractivity contribution in [3.63, 3.8) is 0 Å². The fraction of sp³-hybridized carbons (Fsp3) is 0.478. The Morgan fingerprint density at radius 3 is 2.59 bits per heavy atom. The number of amides is 2. The molecule has 1 saturated carbocycles. The van der Waals surface area contributed by atoms with Crippen LogP contribution in [0.4, 0.5) is 4.39 Å². The summed E-state index contributed by atoms with van der Waals surface area (Å²) in [4.78, 5) is 31.0. The zero-order valence-corrected chi connectivity index (χ0v) is 17.8. The third-order valence-corrected chi connectivity index (χ3v) is 6.62. The molecular weight excluding hydrogens is 387 g/mol. The van der Waals surface area contributed by atoms with E-state index in [4.69, 9.17) is 0 Å². The van der Waals surface area contributed by atoms with E-state index < -0.39 is 0 Å². The lowest BCUT2D eigenvalue weighted by Crippen LogP contribution is -2.47. The monoisotopic (exact) mass is 414 g/mol. The molecule has 2 aliphatic rings. The average Bonchev–Trinajstić information content (AvgIpc) is 3.43. The molecular formula is C23H27FN2O2S. The summed E-state index contributed by atoms with van der Waals surface area (Å²) in [6.07, 6.45) is 2.68. The molecule has 2 amide bonds. The first-order valence-corrected chi connectivity index (χ1v) is 11.2. The van der Waals surface area contributed by atoms with Crippen LogP contribution in [0.2, 0.25) is 0 Å². The van der Waals surface area contributed by atoms with Gasteiger partial charge in [-0.3, -0.25) is 9.59 Å². The predicted molar refractivity (Wildman–Crippen MR) is 112 cm³/mol. The van der Waals surface area contributed by atoms with Crippen LogP contribution in [0.5, 0.6) is 0 Å². The van der Waals surface area contributed by atoms with Crippen LogP contribution in [0.1, 0.15) is 48.7 Å². The molecule has 1 aliphatic heterocycles. The number of halogens is 1. The first-order chi connectivity index (χ1) is 13.9. The highest BCUT2D eigenvalue weighted by molar-refractivity contribution is 7.10. The van der Waals surface area contributed by atoms with Crippen molar-refractivity contribution in [1.29, 1.82) is 0 Å². The van der Waals surface area contributed by atoms with E-state index in [-0.39, 0.29) is 36.1 Å². The fourth-order valence-electron chi connectivity index (χ4n) is 4.11. The number of carbonyl (C=O) groups is 2. The Balaban J connectivity index is 1.60. The van der Waals surface area contributed by atoms with Crippen LogP contribution in [-0.4, -0.2) is 41.2 Å². The largest absolute Gasteiger partial charge is 0.333 e. The van der Waals surface area contributed by atoms with E-state index in [2.05, 4.69) is 25.3 Å². The zero-order valence-electron chi connectivity index (χ0n) is 16.9. The summed E-state index contributed by atoms with van der Waals surface area (Å²) in [6, 6.07) is 8.24. The summed E-state index contributed by atoms with van der Waals surface area (Å²) in [7, 11) is 0. The summed E-state index contributed by atoms with van der Waals surface area (Å²) in [5.74, 6) is 0.193. The van der Waals surface area contributed by atoms with Crippen LogP contribution in [0.3, 0.4) is 0 Å². The lowest BCUT2D eigenvalue weighted by atomic mass is 9.93. The molecule has 4 rings (SSSR count). The molecule has 0 saturated heterocycles. The first kappa shape index (κ1) is 20.1. The molecule has 29 heavy (non-hydrogen) atoms. The maximum Gasteiger partial charge on any atom is 0.242 e. The summed E-state index contributed by atoms with van der Waals surface area (Å²) >= 11 is 1.70. The molecule has 6 heteroatoms. The van der Waals surface area contributed by atoms with Crippen LogP contribution in [-0.2, 0) is 16.0 Å². The van der Waals surface area contributed by atoms with E-state index in [1.165, 1.54) is 17.0 Å². The SMILES string of the molecule is CC(C)CN(CC(=O)N1CCc2sccc2C1c1ccc(F)cc1)C(=O)C1CC1. The van der Waals surface area contributed by atoms with Crippen molar-refractivity contribution < 1.29 is 14.0 Å². The number of fused-ring (bicyclic) bond motifs is 1. The molecule has 0 N–H and O–H groups in total. The molecule has 1 atom stereocenters. The van der Waals surface area contributed by atoms with Crippen LogP contribution in [0, 0.1) is 17.7 Å². The lowest BCUT2D eigenvalue weighted by molar-refractivity contribution is -0.142. The Kier molecular flexibility index (Phi) is 5.72. The molecule has 0 bridgehead atoms. The van der Waals surface area contributed by atoms with E-state index in [1.54, 1.807) is 28.4 Å². The van der Waals surface area contributed by atoms with E-state index in [0.717, 1.165) is 30.4 Å². The van der Waals surface area contributed by atoms with Crippen molar-refractivity contribution in [3.8, 4) is 0 Å². The van der Waals surface area contributed by atoms with Crippen molar-refractivity contribution in [1.82, 2.24) is 9.80 Å². The molecule has 1 unspecified atom stereocenters. The number of benzene rings is 1. The first-order valence-electron chi connectivity index (χ1n) is 10.3. The number of nitrogens with zero attached hydrogens (tertiary/aromatic N) is 2. The van der Waals surface area contributed by atoms with Gasteiger partial charge in [-0.2, -0.15) is 0 Å². The van der Waals surface area contributed by atoms with Crippen LogP contribution in [0.25, 0.3) is 0 Å². The van der Waals surface area contributed by atoms with E-state index in [1.807, 2.05) is 4.90 Å². The number of hydrogen-bond donors (Lipinski definition) is 0. The molecule has 1 aromatic carbocycles. The highest BCUT2D eigenvalue weighted by Crippen LogP contribution is 2.38. The van der Waals surface area contributed by atoms with Crippen molar-refractivity contribution >= 4 is 23.2 Å². The van der Waals surface area contributed by atoms with Gasteiger partial charge in [-0.1, -0.05) is 26.0 Å². The standard InChI is InChI=1S/C23H27FN2O2S/c1-15(2)13-25(23(28)17-3-4-17)14-21(27)26-11-9-20-19(10-12-29-20)22(26)16-5-7-18(24)8-6-16/h5-8,10,12,15,17,22H,3-4,9,11,13-14H2,1-2H3. The maximum atomic E-state index is 13.5. The third kappa shape index (κ3) is 4.37. The number of hydrogen-bond acceptors (Lipinski definition) is 3. The molecule has 0 radical (unpaired) electrons. The van der Waals surface area contributed by atoms with Gasteiger partial charge in [0.25, 0.3) is 0 Å². The van der Waals surface area contributed by atoms with Crippen LogP contribution >= 0.6 is 11.3 Å². The molecule has 0 spiro atoms. The number of thiophene rings is 1. The summed E-state index contributed by atoms with van der Waals surface area (Å²) < 4.78 is 13.5. The molecule has 2 heterocycles. The maximum absolute atomic E-state index is 13.5. The minimum atomic E-state index is -0.286. The van der Waals surface area contributed by atoms with Gasteiger partial charge in [-0.25, -0.2) is 4.39 Å². The minimum Gasteiger partial charge on any atom is -0.333 e. The smallest absolute Gasteiger partial charge is 0.242 e. The van der Waals surface area contributed by atoms with Gasteiger partial charge < -0.3 is 9.80 Å². The Bertz CT molecular complexity index is 889. The third-order valence-electron chi connectivity index (χ3n) is 5.62.